The molecule has 0 spiro atoms. The lowest BCUT2D eigenvalue weighted by atomic mass is 10.0. The zero-order chi connectivity index (χ0) is 18.5. The second-order valence-corrected chi connectivity index (χ2v) is 5.79. The molecule has 1 aliphatic heterocycles. The molecule has 2 amide bonds. The van der Waals surface area contributed by atoms with E-state index in [-0.39, 0.29) is 18.7 Å². The van der Waals surface area contributed by atoms with Gasteiger partial charge in [0.05, 0.1) is 12.9 Å². The quantitative estimate of drug-likeness (QED) is 0.686. The first-order valence-corrected chi connectivity index (χ1v) is 8.14. The van der Waals surface area contributed by atoms with E-state index in [4.69, 9.17) is 9.15 Å². The van der Waals surface area contributed by atoms with Crippen molar-refractivity contribution >= 4 is 17.8 Å². The highest BCUT2D eigenvalue weighted by Crippen LogP contribution is 2.28. The van der Waals surface area contributed by atoms with E-state index < -0.39 is 23.8 Å². The monoisotopic (exact) mass is 358 g/mol. The summed E-state index contributed by atoms with van der Waals surface area (Å²) in [6.07, 6.45) is 2.04. The van der Waals surface area contributed by atoms with Crippen LogP contribution in [0.25, 0.3) is 0 Å². The van der Waals surface area contributed by atoms with Gasteiger partial charge in [0.2, 0.25) is 5.91 Å². The van der Waals surface area contributed by atoms with Crippen LogP contribution in [0.5, 0.6) is 5.75 Å². The summed E-state index contributed by atoms with van der Waals surface area (Å²) in [5, 5.41) is 14.4. The molecule has 1 atom stereocenters. The Hall–Kier alpha value is -3.29. The fourth-order valence-electron chi connectivity index (χ4n) is 2.69. The van der Waals surface area contributed by atoms with E-state index in [0.717, 1.165) is 11.3 Å². The van der Waals surface area contributed by atoms with Gasteiger partial charge in [-0.3, -0.25) is 9.59 Å². The van der Waals surface area contributed by atoms with Gasteiger partial charge in [0.1, 0.15) is 5.75 Å². The number of carboxylic acid groups (broad SMARTS) is 1. The first-order valence-electron chi connectivity index (χ1n) is 8.14. The van der Waals surface area contributed by atoms with E-state index in [0.29, 0.717) is 18.6 Å². The number of aliphatic carboxylic acids is 1. The van der Waals surface area contributed by atoms with Crippen LogP contribution < -0.4 is 15.4 Å². The molecule has 136 valence electrons. The number of rotatable bonds is 7. The van der Waals surface area contributed by atoms with Crippen molar-refractivity contribution in [3.63, 3.8) is 0 Å². The molecule has 1 aromatic heterocycles. The molecule has 0 bridgehead atoms. The second kappa shape index (κ2) is 7.73. The molecule has 2 heterocycles. The van der Waals surface area contributed by atoms with Crippen LogP contribution in [0.15, 0.2) is 41.0 Å². The van der Waals surface area contributed by atoms with Crippen LogP contribution in [0.3, 0.4) is 0 Å². The van der Waals surface area contributed by atoms with Gasteiger partial charge in [-0.2, -0.15) is 0 Å². The number of carbonyl (C=O) groups excluding carboxylic acids is 2. The summed E-state index contributed by atoms with van der Waals surface area (Å²) in [5.74, 6) is -1.18. The number of fused-ring (bicyclic) bond motifs is 1. The molecule has 1 aliphatic rings. The van der Waals surface area contributed by atoms with Crippen molar-refractivity contribution in [3.8, 4) is 5.75 Å². The van der Waals surface area contributed by atoms with Crippen molar-refractivity contribution in [3.05, 3.63) is 53.5 Å². The molecule has 0 aliphatic carbocycles. The highest BCUT2D eigenvalue weighted by molar-refractivity contribution is 5.91. The van der Waals surface area contributed by atoms with E-state index in [1.807, 2.05) is 0 Å². The summed E-state index contributed by atoms with van der Waals surface area (Å²) < 4.78 is 10.3. The molecular formula is C18H18N2O6. The number of furan rings is 1. The zero-order valence-electron chi connectivity index (χ0n) is 13.9. The van der Waals surface area contributed by atoms with Gasteiger partial charge in [0.25, 0.3) is 5.91 Å². The van der Waals surface area contributed by atoms with Gasteiger partial charge in [-0.25, -0.2) is 4.79 Å². The molecule has 0 saturated carbocycles. The van der Waals surface area contributed by atoms with Crippen molar-refractivity contribution in [1.82, 2.24) is 10.6 Å². The van der Waals surface area contributed by atoms with Crippen LogP contribution in [-0.4, -0.2) is 36.0 Å². The van der Waals surface area contributed by atoms with Crippen molar-refractivity contribution in [2.75, 3.05) is 13.2 Å². The molecule has 2 aromatic rings. The molecule has 0 saturated heterocycles. The average Bonchev–Trinajstić information content (AvgIpc) is 3.30. The molecular weight excluding hydrogens is 340 g/mol. The third kappa shape index (κ3) is 4.02. The molecule has 8 heteroatoms. The highest BCUT2D eigenvalue weighted by atomic mass is 16.5. The van der Waals surface area contributed by atoms with E-state index in [1.54, 1.807) is 24.3 Å². The lowest BCUT2D eigenvalue weighted by Gasteiger charge is -2.16. The Bertz CT molecular complexity index is 815. The molecule has 8 nitrogen and oxygen atoms in total. The van der Waals surface area contributed by atoms with Crippen LogP contribution in [-0.2, 0) is 16.0 Å². The second-order valence-electron chi connectivity index (χ2n) is 5.79. The summed E-state index contributed by atoms with van der Waals surface area (Å²) in [6.45, 7) is 0.633. The van der Waals surface area contributed by atoms with Gasteiger partial charge < -0.3 is 24.9 Å². The molecule has 3 rings (SSSR count). The van der Waals surface area contributed by atoms with Crippen molar-refractivity contribution in [2.24, 2.45) is 0 Å². The van der Waals surface area contributed by atoms with E-state index in [2.05, 4.69) is 10.6 Å². The highest BCUT2D eigenvalue weighted by Gasteiger charge is 2.24. The third-order valence-corrected chi connectivity index (χ3v) is 3.98. The first kappa shape index (κ1) is 17.5. The van der Waals surface area contributed by atoms with E-state index >= 15 is 0 Å². The lowest BCUT2D eigenvalue weighted by molar-refractivity contribution is -0.142. The van der Waals surface area contributed by atoms with Crippen LogP contribution in [0.1, 0.15) is 34.1 Å². The minimum atomic E-state index is -1.16. The third-order valence-electron chi connectivity index (χ3n) is 3.98. The zero-order valence-corrected chi connectivity index (χ0v) is 13.9. The molecule has 1 aromatic carbocycles. The Kier molecular flexibility index (Phi) is 5.21. The van der Waals surface area contributed by atoms with Crippen molar-refractivity contribution < 1.29 is 28.6 Å². The van der Waals surface area contributed by atoms with Crippen molar-refractivity contribution in [1.29, 1.82) is 0 Å². The Balaban J connectivity index is 1.55. The Morgan fingerprint density at radius 3 is 2.81 bits per heavy atom. The fraction of sp³-hybridized carbons (Fsp3) is 0.278. The maximum absolute atomic E-state index is 12.1. The SMILES string of the molecule is O=C(CCNC(=O)c1ccco1)NC(C(=O)O)c1ccc2c(c1)CCO2. The summed E-state index contributed by atoms with van der Waals surface area (Å²) in [4.78, 5) is 35.3. The Morgan fingerprint density at radius 2 is 2.08 bits per heavy atom. The average molecular weight is 358 g/mol. The number of hydrogen-bond donors (Lipinski definition) is 3. The predicted molar refractivity (Wildman–Crippen MR) is 89.8 cm³/mol. The summed E-state index contributed by atoms with van der Waals surface area (Å²) in [5.41, 5.74) is 1.41. The predicted octanol–water partition coefficient (Wildman–Crippen LogP) is 1.28. The minimum absolute atomic E-state index is 0.0513. The number of benzene rings is 1. The molecule has 0 radical (unpaired) electrons. The number of ether oxygens (including phenoxy) is 1. The largest absolute Gasteiger partial charge is 0.493 e. The van der Waals surface area contributed by atoms with Gasteiger partial charge in [-0.05, 0) is 35.4 Å². The summed E-state index contributed by atoms with van der Waals surface area (Å²) in [7, 11) is 0. The van der Waals surface area contributed by atoms with E-state index in [9.17, 15) is 19.5 Å². The first-order chi connectivity index (χ1) is 12.5. The molecule has 26 heavy (non-hydrogen) atoms. The van der Waals surface area contributed by atoms with Gasteiger partial charge in [0, 0.05) is 19.4 Å². The number of carboxylic acids is 1. The molecule has 0 fully saturated rings. The fourth-order valence-corrected chi connectivity index (χ4v) is 2.69. The Labute approximate surface area is 149 Å². The number of carbonyl (C=O) groups is 3. The molecule has 3 N–H and O–H groups in total. The maximum Gasteiger partial charge on any atom is 0.330 e. The Morgan fingerprint density at radius 1 is 1.23 bits per heavy atom. The van der Waals surface area contributed by atoms with Gasteiger partial charge in [0.15, 0.2) is 11.8 Å². The maximum atomic E-state index is 12.1. The normalized spacial score (nSPS) is 13.4. The lowest BCUT2D eigenvalue weighted by Crippen LogP contribution is -2.36. The topological polar surface area (TPSA) is 118 Å². The number of nitrogens with one attached hydrogen (secondary N) is 2. The van der Waals surface area contributed by atoms with Crippen LogP contribution >= 0.6 is 0 Å². The number of hydrogen-bond acceptors (Lipinski definition) is 5. The number of amides is 2. The van der Waals surface area contributed by atoms with Gasteiger partial charge in [-0.15, -0.1) is 0 Å². The molecule has 1 unspecified atom stereocenters. The van der Waals surface area contributed by atoms with E-state index in [1.165, 1.54) is 12.3 Å². The van der Waals surface area contributed by atoms with Crippen molar-refractivity contribution in [2.45, 2.75) is 18.9 Å². The summed E-state index contributed by atoms with van der Waals surface area (Å²) >= 11 is 0. The van der Waals surface area contributed by atoms with Crippen LogP contribution in [0, 0.1) is 0 Å². The van der Waals surface area contributed by atoms with Crippen LogP contribution in [0.2, 0.25) is 0 Å². The minimum Gasteiger partial charge on any atom is -0.493 e. The van der Waals surface area contributed by atoms with Gasteiger partial charge in [-0.1, -0.05) is 6.07 Å². The smallest absolute Gasteiger partial charge is 0.330 e. The standard InChI is InChI=1S/C18H18N2O6/c21-15(5-7-19-17(22)14-2-1-8-25-14)20-16(18(23)24)12-3-4-13-11(10-12)6-9-26-13/h1-4,8,10,16H,5-7,9H2,(H,19,22)(H,20,21)(H,23,24). The van der Waals surface area contributed by atoms with Crippen LogP contribution in [0.4, 0.5) is 0 Å². The summed E-state index contributed by atoms with van der Waals surface area (Å²) in [6, 6.07) is 7.01. The van der Waals surface area contributed by atoms with Gasteiger partial charge >= 0.3 is 5.97 Å².